The van der Waals surface area contributed by atoms with Crippen molar-refractivity contribution in [2.45, 2.75) is 43.2 Å². The predicted molar refractivity (Wildman–Crippen MR) is 85.5 cm³/mol. The number of hydrogen-bond acceptors (Lipinski definition) is 5. The third kappa shape index (κ3) is 9.66. The van der Waals surface area contributed by atoms with Crippen LogP contribution in [0.1, 0.15) is 25.7 Å². The second-order valence-corrected chi connectivity index (χ2v) is 8.59. The molecule has 0 bridgehead atoms. The molecule has 7 nitrogen and oxygen atoms in total. The molecule has 0 aliphatic carbocycles. The summed E-state index contributed by atoms with van der Waals surface area (Å²) in [6.07, 6.45) is 8.68. The van der Waals surface area contributed by atoms with E-state index in [1.54, 1.807) is 0 Å². The van der Waals surface area contributed by atoms with Gasteiger partial charge in [0.05, 0.1) is 0 Å². The van der Waals surface area contributed by atoms with Crippen molar-refractivity contribution >= 4 is 20.0 Å². The third-order valence-corrected chi connectivity index (χ3v) is 5.62. The van der Waals surface area contributed by atoms with Gasteiger partial charge in [-0.25, -0.2) is 21.4 Å². The fourth-order valence-electron chi connectivity index (χ4n) is 1.56. The fraction of sp³-hybridized carbons (Fsp3) is 0.615. The van der Waals surface area contributed by atoms with E-state index >= 15 is 0 Å². The van der Waals surface area contributed by atoms with Gasteiger partial charge in [0.2, 0.25) is 0 Å². The highest BCUT2D eigenvalue weighted by Gasteiger charge is 2.46. The molecule has 1 rings (SSSR count). The summed E-state index contributed by atoms with van der Waals surface area (Å²) < 4.78 is 111. The fourth-order valence-corrected chi connectivity index (χ4v) is 3.27. The van der Waals surface area contributed by atoms with Crippen molar-refractivity contribution < 1.29 is 52.9 Å². The number of unbranched alkanes of at least 4 members (excludes halogenated alkanes) is 3. The van der Waals surface area contributed by atoms with Gasteiger partial charge in [-0.05, 0) is 12.8 Å². The van der Waals surface area contributed by atoms with E-state index in [4.69, 9.17) is 5.11 Å². The number of aryl methyl sites for hydroxylation is 1. The van der Waals surface area contributed by atoms with Crippen LogP contribution >= 0.6 is 0 Å². The number of hydrogen-bond donors (Lipinski definition) is 1. The molecule has 0 unspecified atom stereocenters. The van der Waals surface area contributed by atoms with Gasteiger partial charge < -0.3 is 9.23 Å². The van der Waals surface area contributed by atoms with Crippen LogP contribution in [0.25, 0.3) is 4.13 Å². The minimum absolute atomic E-state index is 0.332. The van der Waals surface area contributed by atoms with Gasteiger partial charge in [0.15, 0.2) is 32.4 Å². The average molecular weight is 460 g/mol. The lowest BCUT2D eigenvalue weighted by molar-refractivity contribution is -0.697. The number of halogens is 6. The third-order valence-electron chi connectivity index (χ3n) is 2.88. The summed E-state index contributed by atoms with van der Waals surface area (Å²) in [5, 5.41) is 8.58. The van der Waals surface area contributed by atoms with Crippen LogP contribution in [-0.4, -0.2) is 39.6 Å². The topological polar surface area (TPSA) is 106 Å². The highest BCUT2D eigenvalue weighted by molar-refractivity contribution is 8.13. The van der Waals surface area contributed by atoms with Crippen molar-refractivity contribution in [1.82, 2.24) is 0 Å². The van der Waals surface area contributed by atoms with Crippen LogP contribution in [0.3, 0.4) is 0 Å². The first-order valence-electron chi connectivity index (χ1n) is 7.56. The van der Waals surface area contributed by atoms with Gasteiger partial charge in [0.1, 0.15) is 6.54 Å². The quantitative estimate of drug-likeness (QED) is 0.365. The molecule has 28 heavy (non-hydrogen) atoms. The molecule has 164 valence electrons. The number of aromatic nitrogens is 1. The first-order valence-corrected chi connectivity index (χ1v) is 10.4. The largest absolute Gasteiger partial charge is 0.480 e. The minimum atomic E-state index is -6.72. The number of rotatable bonds is 8. The summed E-state index contributed by atoms with van der Waals surface area (Å²) in [7, 11) is -13.4. The number of sulfonamides is 2. The standard InChI is InChI=1S/C11H18NO.C2F6NO4S2/c13-11-7-2-1-4-8-12-9-5-3-6-10-12;3-1(4,5)14(10,11)9-15(12,13)2(6,7)8/h3,5-6,9-10,13H,1-2,4,7-8,11H2;/q+1;-1. The van der Waals surface area contributed by atoms with Gasteiger partial charge in [-0.2, -0.15) is 26.3 Å². The van der Waals surface area contributed by atoms with Gasteiger partial charge in [-0.3, -0.25) is 0 Å². The van der Waals surface area contributed by atoms with Gasteiger partial charge in [-0.15, -0.1) is 0 Å². The van der Waals surface area contributed by atoms with Gasteiger partial charge in [0.25, 0.3) is 0 Å². The molecule has 0 aromatic carbocycles. The van der Waals surface area contributed by atoms with Crippen LogP contribution in [0.4, 0.5) is 26.3 Å². The maximum absolute atomic E-state index is 11.4. The molecule has 1 aromatic heterocycles. The summed E-state index contributed by atoms with van der Waals surface area (Å²) in [4.78, 5) is 0. The van der Waals surface area contributed by atoms with Crippen molar-refractivity contribution in [3.05, 3.63) is 34.7 Å². The average Bonchev–Trinajstić information content (AvgIpc) is 2.53. The summed E-state index contributed by atoms with van der Waals surface area (Å²) in [5.74, 6) is 0. The van der Waals surface area contributed by atoms with E-state index in [-0.39, 0.29) is 0 Å². The van der Waals surface area contributed by atoms with Gasteiger partial charge in [0, 0.05) is 25.2 Å². The Balaban J connectivity index is 0.000000525. The zero-order valence-electron chi connectivity index (χ0n) is 14.2. The minimum Gasteiger partial charge on any atom is -0.421 e. The Morgan fingerprint density at radius 1 is 0.750 bits per heavy atom. The van der Waals surface area contributed by atoms with Crippen LogP contribution in [0, 0.1) is 0 Å². The van der Waals surface area contributed by atoms with Gasteiger partial charge >= 0.3 is 11.0 Å². The van der Waals surface area contributed by atoms with Crippen LogP contribution < -0.4 is 4.57 Å². The van der Waals surface area contributed by atoms with E-state index in [9.17, 15) is 43.2 Å². The molecule has 0 saturated carbocycles. The molecule has 0 aliphatic heterocycles. The Morgan fingerprint density at radius 3 is 1.57 bits per heavy atom. The molecule has 0 amide bonds. The molecule has 0 spiro atoms. The zero-order chi connectivity index (χ0) is 22.1. The summed E-state index contributed by atoms with van der Waals surface area (Å²) in [6.45, 7) is 1.42. The molecular formula is C13H18F6N2O5S2. The maximum atomic E-state index is 11.4. The van der Waals surface area contributed by atoms with Crippen molar-refractivity contribution in [2.24, 2.45) is 0 Å². The molecular weight excluding hydrogens is 442 g/mol. The Bertz CT molecular complexity index is 738. The van der Waals surface area contributed by atoms with Crippen LogP contribution in [-0.2, 0) is 26.6 Å². The summed E-state index contributed by atoms with van der Waals surface area (Å²) in [6, 6.07) is 6.13. The molecule has 15 heteroatoms. The van der Waals surface area contributed by atoms with Crippen LogP contribution in [0.5, 0.6) is 0 Å². The molecule has 1 aromatic rings. The lowest BCUT2D eigenvalue weighted by atomic mass is 10.2. The number of aliphatic hydroxyl groups excluding tert-OH is 1. The number of nitrogens with zero attached hydrogens (tertiary/aromatic N) is 2. The van der Waals surface area contributed by atoms with Crippen LogP contribution in [0.2, 0.25) is 0 Å². The predicted octanol–water partition coefficient (Wildman–Crippen LogP) is 2.59. The zero-order valence-corrected chi connectivity index (χ0v) is 15.8. The lowest BCUT2D eigenvalue weighted by Crippen LogP contribution is -2.32. The lowest BCUT2D eigenvalue weighted by Gasteiger charge is -2.22. The molecule has 0 fully saturated rings. The second-order valence-electron chi connectivity index (χ2n) is 5.17. The highest BCUT2D eigenvalue weighted by Crippen LogP contribution is 2.36. The molecule has 0 atom stereocenters. The second kappa shape index (κ2) is 10.9. The van der Waals surface area contributed by atoms with Crippen molar-refractivity contribution in [3.8, 4) is 0 Å². The van der Waals surface area contributed by atoms with E-state index in [2.05, 4.69) is 17.0 Å². The molecule has 0 saturated heterocycles. The maximum Gasteiger partial charge on any atom is 0.480 e. The molecule has 1 N–H and O–H groups in total. The number of aliphatic hydroxyl groups is 1. The van der Waals surface area contributed by atoms with Crippen LogP contribution in [0.15, 0.2) is 30.6 Å². The summed E-state index contributed by atoms with van der Waals surface area (Å²) in [5.41, 5.74) is -12.4. The van der Waals surface area contributed by atoms with Crippen molar-refractivity contribution in [3.63, 3.8) is 0 Å². The molecule has 0 aliphatic rings. The smallest absolute Gasteiger partial charge is 0.421 e. The van der Waals surface area contributed by atoms with E-state index < -0.39 is 31.1 Å². The van der Waals surface area contributed by atoms with E-state index in [0.717, 1.165) is 23.5 Å². The molecule has 0 radical (unpaired) electrons. The van der Waals surface area contributed by atoms with Crippen molar-refractivity contribution in [2.75, 3.05) is 6.61 Å². The SMILES string of the molecule is O=S(=O)([N-]S(=O)(=O)C(F)(F)F)C(F)(F)F.OCCCCCC[n+]1ccccc1. The number of pyridine rings is 1. The first-order chi connectivity index (χ1) is 12.6. The Hall–Kier alpha value is -1.45. The molecule has 1 heterocycles. The number of alkyl halides is 6. The Kier molecular flexibility index (Phi) is 10.4. The van der Waals surface area contributed by atoms with Gasteiger partial charge in [-0.1, -0.05) is 12.5 Å². The van der Waals surface area contributed by atoms with E-state index in [0.29, 0.717) is 6.61 Å². The Labute approximate surface area is 158 Å². The Morgan fingerprint density at radius 2 is 1.18 bits per heavy atom. The normalized spacial score (nSPS) is 13.0. The van der Waals surface area contributed by atoms with Crippen molar-refractivity contribution in [1.29, 1.82) is 0 Å². The highest BCUT2D eigenvalue weighted by atomic mass is 32.3. The van der Waals surface area contributed by atoms with E-state index in [1.807, 2.05) is 18.2 Å². The summed E-state index contributed by atoms with van der Waals surface area (Å²) >= 11 is 0. The van der Waals surface area contributed by atoms with E-state index in [1.165, 1.54) is 12.8 Å². The monoisotopic (exact) mass is 460 g/mol. The first kappa shape index (κ1) is 26.6.